The minimum atomic E-state index is 0.131. The molecular weight excluding hydrogens is 212 g/mol. The van der Waals surface area contributed by atoms with E-state index in [1.54, 1.807) is 6.92 Å². The summed E-state index contributed by atoms with van der Waals surface area (Å²) in [5, 5.41) is 3.41. The van der Waals surface area contributed by atoms with Crippen LogP contribution in [0.5, 0.6) is 0 Å². The van der Waals surface area contributed by atoms with Crippen molar-refractivity contribution in [1.82, 2.24) is 0 Å². The zero-order chi connectivity index (χ0) is 12.4. The predicted octanol–water partition coefficient (Wildman–Crippen LogP) is 2.66. The molecule has 1 N–H and O–H groups in total. The molecule has 1 amide bonds. The highest BCUT2D eigenvalue weighted by atomic mass is 16.2. The minimum Gasteiger partial charge on any atom is -0.385 e. The van der Waals surface area contributed by atoms with Crippen LogP contribution in [0.3, 0.4) is 0 Å². The van der Waals surface area contributed by atoms with E-state index in [1.165, 1.54) is 5.56 Å². The molecule has 1 aromatic carbocycles. The van der Waals surface area contributed by atoms with Crippen LogP contribution in [0.4, 0.5) is 11.4 Å². The molecule has 1 aliphatic rings. The lowest BCUT2D eigenvalue weighted by Gasteiger charge is -2.15. The molecule has 0 aliphatic carbocycles. The van der Waals surface area contributed by atoms with Crippen LogP contribution in [0, 0.1) is 5.92 Å². The highest BCUT2D eigenvalue weighted by Gasteiger charge is 2.21. The Morgan fingerprint density at radius 2 is 2.24 bits per heavy atom. The van der Waals surface area contributed by atoms with E-state index in [-0.39, 0.29) is 5.91 Å². The topological polar surface area (TPSA) is 32.3 Å². The van der Waals surface area contributed by atoms with E-state index >= 15 is 0 Å². The molecule has 0 unspecified atom stereocenters. The van der Waals surface area contributed by atoms with Crippen molar-refractivity contribution in [1.29, 1.82) is 0 Å². The highest BCUT2D eigenvalue weighted by molar-refractivity contribution is 5.94. The van der Waals surface area contributed by atoms with Crippen molar-refractivity contribution in [3.05, 3.63) is 23.8 Å². The molecule has 0 atom stereocenters. The number of benzene rings is 1. The first kappa shape index (κ1) is 12.0. The lowest BCUT2D eigenvalue weighted by molar-refractivity contribution is -0.116. The summed E-state index contributed by atoms with van der Waals surface area (Å²) < 4.78 is 0. The van der Waals surface area contributed by atoms with E-state index in [0.717, 1.165) is 30.9 Å². The van der Waals surface area contributed by atoms with E-state index in [4.69, 9.17) is 0 Å². The molecule has 2 rings (SSSR count). The second-order valence-electron chi connectivity index (χ2n) is 5.04. The number of nitrogens with one attached hydrogen (secondary N) is 1. The average molecular weight is 232 g/mol. The maximum absolute atomic E-state index is 11.4. The second-order valence-corrected chi connectivity index (χ2v) is 5.04. The summed E-state index contributed by atoms with van der Waals surface area (Å²) in [5.41, 5.74) is 3.50. The lowest BCUT2D eigenvalue weighted by Crippen LogP contribution is -2.25. The Morgan fingerprint density at radius 3 is 2.88 bits per heavy atom. The van der Waals surface area contributed by atoms with Crippen LogP contribution in [0.1, 0.15) is 26.3 Å². The number of carbonyl (C=O) groups is 1. The van der Waals surface area contributed by atoms with Gasteiger partial charge in [0.25, 0.3) is 0 Å². The van der Waals surface area contributed by atoms with Gasteiger partial charge >= 0.3 is 0 Å². The number of anilines is 2. The molecule has 17 heavy (non-hydrogen) atoms. The maximum Gasteiger partial charge on any atom is 0.223 e. The van der Waals surface area contributed by atoms with Crippen LogP contribution < -0.4 is 10.2 Å². The van der Waals surface area contributed by atoms with Crippen molar-refractivity contribution in [3.8, 4) is 0 Å². The molecule has 1 heterocycles. The molecule has 1 aliphatic heterocycles. The van der Waals surface area contributed by atoms with Crippen LogP contribution in [0.2, 0.25) is 0 Å². The average Bonchev–Trinajstić information content (AvgIpc) is 2.69. The summed E-state index contributed by atoms with van der Waals surface area (Å²) >= 11 is 0. The largest absolute Gasteiger partial charge is 0.385 e. The number of carbonyl (C=O) groups excluding carboxylic acids is 1. The van der Waals surface area contributed by atoms with E-state index in [9.17, 15) is 4.79 Å². The van der Waals surface area contributed by atoms with Crippen molar-refractivity contribution in [3.63, 3.8) is 0 Å². The quantitative estimate of drug-likeness (QED) is 0.869. The zero-order valence-electron chi connectivity index (χ0n) is 10.8. The zero-order valence-corrected chi connectivity index (χ0v) is 10.8. The molecule has 0 saturated heterocycles. The Morgan fingerprint density at radius 1 is 1.47 bits per heavy atom. The minimum absolute atomic E-state index is 0.131. The molecule has 0 bridgehead atoms. The summed E-state index contributed by atoms with van der Waals surface area (Å²) in [5.74, 6) is 0.767. The Labute approximate surface area is 103 Å². The van der Waals surface area contributed by atoms with E-state index in [1.807, 2.05) is 11.0 Å². The summed E-state index contributed by atoms with van der Waals surface area (Å²) in [7, 11) is 0. The Hall–Kier alpha value is -1.51. The molecule has 0 aromatic heterocycles. The third kappa shape index (κ3) is 2.60. The molecule has 3 nitrogen and oxygen atoms in total. The third-order valence-electron chi connectivity index (χ3n) is 3.07. The number of nitrogens with zero attached hydrogens (tertiary/aromatic N) is 1. The van der Waals surface area contributed by atoms with Gasteiger partial charge in [-0.05, 0) is 36.1 Å². The first-order chi connectivity index (χ1) is 8.08. The Balaban J connectivity index is 2.14. The summed E-state index contributed by atoms with van der Waals surface area (Å²) in [6.45, 7) is 7.81. The van der Waals surface area contributed by atoms with Gasteiger partial charge in [0.15, 0.2) is 0 Å². The molecule has 0 radical (unpaired) electrons. The maximum atomic E-state index is 11.4. The standard InChI is InChI=1S/C14H20N2O/c1-10(2)9-15-13-4-5-14-12(8-13)6-7-16(14)11(3)17/h4-5,8,10,15H,6-7,9H2,1-3H3. The molecule has 0 fully saturated rings. The SMILES string of the molecule is CC(=O)N1CCc2cc(NCC(C)C)ccc21. The van der Waals surface area contributed by atoms with Gasteiger partial charge in [-0.25, -0.2) is 0 Å². The van der Waals surface area contributed by atoms with E-state index < -0.39 is 0 Å². The smallest absolute Gasteiger partial charge is 0.223 e. The molecule has 1 aromatic rings. The predicted molar refractivity (Wildman–Crippen MR) is 71.5 cm³/mol. The fraction of sp³-hybridized carbons (Fsp3) is 0.500. The van der Waals surface area contributed by atoms with E-state index in [0.29, 0.717) is 5.92 Å². The molecule has 3 heteroatoms. The summed E-state index contributed by atoms with van der Waals surface area (Å²) in [6.07, 6.45) is 0.964. The van der Waals surface area contributed by atoms with Gasteiger partial charge in [-0.15, -0.1) is 0 Å². The van der Waals surface area contributed by atoms with Gasteiger partial charge in [0.2, 0.25) is 5.91 Å². The third-order valence-corrected chi connectivity index (χ3v) is 3.07. The van der Waals surface area contributed by atoms with Crippen molar-refractivity contribution in [2.24, 2.45) is 5.92 Å². The van der Waals surface area contributed by atoms with Crippen LogP contribution >= 0.6 is 0 Å². The first-order valence-corrected chi connectivity index (χ1v) is 6.23. The molecule has 0 saturated carbocycles. The van der Waals surface area contributed by atoms with Crippen LogP contribution in [-0.2, 0) is 11.2 Å². The number of amides is 1. The molecule has 0 spiro atoms. The van der Waals surface area contributed by atoms with Crippen LogP contribution in [0.15, 0.2) is 18.2 Å². The van der Waals surface area contributed by atoms with Gasteiger partial charge < -0.3 is 10.2 Å². The number of hydrogen-bond donors (Lipinski definition) is 1. The van der Waals surface area contributed by atoms with Gasteiger partial charge in [-0.2, -0.15) is 0 Å². The van der Waals surface area contributed by atoms with Crippen LogP contribution in [-0.4, -0.2) is 19.0 Å². The fourth-order valence-corrected chi connectivity index (χ4v) is 2.16. The highest BCUT2D eigenvalue weighted by Crippen LogP contribution is 2.30. The lowest BCUT2D eigenvalue weighted by atomic mass is 10.1. The van der Waals surface area contributed by atoms with E-state index in [2.05, 4.69) is 31.3 Å². The normalized spacial score (nSPS) is 14.0. The van der Waals surface area contributed by atoms with Gasteiger partial charge in [0, 0.05) is 31.4 Å². The second kappa shape index (κ2) is 4.78. The summed E-state index contributed by atoms with van der Waals surface area (Å²) in [4.78, 5) is 13.3. The Kier molecular flexibility index (Phi) is 3.36. The van der Waals surface area contributed by atoms with Crippen LogP contribution in [0.25, 0.3) is 0 Å². The monoisotopic (exact) mass is 232 g/mol. The van der Waals surface area contributed by atoms with Gasteiger partial charge in [0.05, 0.1) is 0 Å². The van der Waals surface area contributed by atoms with Crippen molar-refractivity contribution >= 4 is 17.3 Å². The molecular formula is C14H20N2O. The first-order valence-electron chi connectivity index (χ1n) is 6.23. The van der Waals surface area contributed by atoms with Gasteiger partial charge in [-0.1, -0.05) is 13.8 Å². The van der Waals surface area contributed by atoms with Gasteiger partial charge in [0.1, 0.15) is 0 Å². The van der Waals surface area contributed by atoms with Crippen molar-refractivity contribution in [2.45, 2.75) is 27.2 Å². The van der Waals surface area contributed by atoms with Crippen molar-refractivity contribution in [2.75, 3.05) is 23.3 Å². The molecule has 92 valence electrons. The summed E-state index contributed by atoms with van der Waals surface area (Å²) in [6, 6.07) is 6.27. The number of hydrogen-bond acceptors (Lipinski definition) is 2. The Bertz CT molecular complexity index is 426. The number of rotatable bonds is 3. The number of fused-ring (bicyclic) bond motifs is 1. The van der Waals surface area contributed by atoms with Crippen molar-refractivity contribution < 1.29 is 4.79 Å². The van der Waals surface area contributed by atoms with Gasteiger partial charge in [-0.3, -0.25) is 4.79 Å². The fourth-order valence-electron chi connectivity index (χ4n) is 2.16.